The summed E-state index contributed by atoms with van der Waals surface area (Å²) in [5, 5.41) is 2.37. The van der Waals surface area contributed by atoms with Gasteiger partial charge in [0.1, 0.15) is 0 Å². The van der Waals surface area contributed by atoms with Gasteiger partial charge in [-0.05, 0) is 47.0 Å². The summed E-state index contributed by atoms with van der Waals surface area (Å²) in [6, 6.07) is 57.2. The van der Waals surface area contributed by atoms with Gasteiger partial charge in [0.05, 0.1) is 27.1 Å². The quantitative estimate of drug-likeness (QED) is 0.193. The molecule has 0 saturated heterocycles. The first-order chi connectivity index (χ1) is 23.3. The van der Waals surface area contributed by atoms with E-state index in [-0.39, 0.29) is 0 Å². The van der Waals surface area contributed by atoms with Crippen LogP contribution in [0.4, 0.5) is 0 Å². The average molecular weight is 618 g/mol. The van der Waals surface area contributed by atoms with E-state index in [0.717, 1.165) is 55.6 Å². The molecule has 0 unspecified atom stereocenters. The van der Waals surface area contributed by atoms with E-state index in [4.69, 9.17) is 15.0 Å². The summed E-state index contributed by atoms with van der Waals surface area (Å²) in [7, 11) is 0. The van der Waals surface area contributed by atoms with Gasteiger partial charge in [-0.25, -0.2) is 15.0 Å². The molecular formula is C43H27N3S. The van der Waals surface area contributed by atoms with Crippen LogP contribution in [0.25, 0.3) is 87.4 Å². The SMILES string of the molecule is c1ccc(-c2cc(-c3ccccc3)nc(-c3cccc(-c4cccc(-c5c6ccccc6nc6c5sc5ccccc56)c4)c3)n2)cc1. The minimum atomic E-state index is 0.704. The first-order valence-electron chi connectivity index (χ1n) is 15.7. The van der Waals surface area contributed by atoms with E-state index >= 15 is 0 Å². The van der Waals surface area contributed by atoms with Crippen molar-refractivity contribution in [2.45, 2.75) is 0 Å². The van der Waals surface area contributed by atoms with Crippen molar-refractivity contribution in [1.29, 1.82) is 0 Å². The van der Waals surface area contributed by atoms with E-state index in [1.54, 1.807) is 0 Å². The second-order valence-corrected chi connectivity index (χ2v) is 12.7. The van der Waals surface area contributed by atoms with Gasteiger partial charge in [-0.1, -0.05) is 133 Å². The number of rotatable bonds is 5. The van der Waals surface area contributed by atoms with Crippen LogP contribution in [-0.4, -0.2) is 15.0 Å². The summed E-state index contributed by atoms with van der Waals surface area (Å²) in [4.78, 5) is 15.3. The third-order valence-corrected chi connectivity index (χ3v) is 9.85. The molecule has 0 spiro atoms. The zero-order chi connectivity index (χ0) is 31.2. The number of nitrogens with zero attached hydrogens (tertiary/aromatic N) is 3. The Morgan fingerprint density at radius 2 is 0.915 bits per heavy atom. The average Bonchev–Trinajstić information content (AvgIpc) is 3.52. The molecule has 3 heterocycles. The van der Waals surface area contributed by atoms with Gasteiger partial charge in [0, 0.05) is 37.7 Å². The van der Waals surface area contributed by atoms with Crippen molar-refractivity contribution >= 4 is 42.5 Å². The molecule has 0 aliphatic heterocycles. The fourth-order valence-electron chi connectivity index (χ4n) is 6.41. The molecule has 9 rings (SSSR count). The van der Waals surface area contributed by atoms with Crippen LogP contribution in [0.3, 0.4) is 0 Å². The molecule has 220 valence electrons. The van der Waals surface area contributed by atoms with Crippen LogP contribution >= 0.6 is 11.3 Å². The van der Waals surface area contributed by atoms with Crippen molar-refractivity contribution in [3.63, 3.8) is 0 Å². The number of fused-ring (bicyclic) bond motifs is 4. The summed E-state index contributed by atoms with van der Waals surface area (Å²) in [6.45, 7) is 0. The zero-order valence-corrected chi connectivity index (χ0v) is 26.2. The molecule has 0 N–H and O–H groups in total. The summed E-state index contributed by atoms with van der Waals surface area (Å²) in [5.74, 6) is 0.704. The number of para-hydroxylation sites is 1. The largest absolute Gasteiger partial charge is 0.246 e. The number of aromatic nitrogens is 3. The van der Waals surface area contributed by atoms with Crippen molar-refractivity contribution in [1.82, 2.24) is 15.0 Å². The Labute approximate surface area is 276 Å². The fraction of sp³-hybridized carbons (Fsp3) is 0. The first-order valence-corrected chi connectivity index (χ1v) is 16.5. The molecule has 0 amide bonds. The lowest BCUT2D eigenvalue weighted by molar-refractivity contribution is 1.18. The second kappa shape index (κ2) is 11.4. The molecule has 47 heavy (non-hydrogen) atoms. The van der Waals surface area contributed by atoms with Crippen LogP contribution in [0.15, 0.2) is 164 Å². The number of pyridine rings is 1. The maximum atomic E-state index is 5.13. The minimum Gasteiger partial charge on any atom is -0.246 e. The molecule has 0 bridgehead atoms. The van der Waals surface area contributed by atoms with Crippen LogP contribution < -0.4 is 0 Å². The zero-order valence-electron chi connectivity index (χ0n) is 25.3. The second-order valence-electron chi connectivity index (χ2n) is 11.6. The minimum absolute atomic E-state index is 0.704. The Hall–Kier alpha value is -5.97. The smallest absolute Gasteiger partial charge is 0.160 e. The maximum Gasteiger partial charge on any atom is 0.160 e. The lowest BCUT2D eigenvalue weighted by Crippen LogP contribution is -1.96. The summed E-state index contributed by atoms with van der Waals surface area (Å²) in [5.41, 5.74) is 11.7. The van der Waals surface area contributed by atoms with Crippen LogP contribution in [-0.2, 0) is 0 Å². The third-order valence-electron chi connectivity index (χ3n) is 8.67. The number of hydrogen-bond donors (Lipinski definition) is 0. The topological polar surface area (TPSA) is 38.7 Å². The van der Waals surface area contributed by atoms with E-state index in [1.807, 2.05) is 47.7 Å². The number of benzene rings is 6. The van der Waals surface area contributed by atoms with E-state index in [1.165, 1.54) is 25.9 Å². The lowest BCUT2D eigenvalue weighted by Gasteiger charge is -2.12. The van der Waals surface area contributed by atoms with Gasteiger partial charge in [-0.15, -0.1) is 11.3 Å². The highest BCUT2D eigenvalue weighted by Gasteiger charge is 2.17. The van der Waals surface area contributed by atoms with Gasteiger partial charge >= 0.3 is 0 Å². The molecule has 0 radical (unpaired) electrons. The molecule has 3 aromatic heterocycles. The Kier molecular flexibility index (Phi) is 6.65. The van der Waals surface area contributed by atoms with Gasteiger partial charge < -0.3 is 0 Å². The van der Waals surface area contributed by atoms with E-state index in [0.29, 0.717) is 5.82 Å². The van der Waals surface area contributed by atoms with E-state index < -0.39 is 0 Å². The highest BCUT2D eigenvalue weighted by molar-refractivity contribution is 7.26. The van der Waals surface area contributed by atoms with Crippen molar-refractivity contribution in [3.05, 3.63) is 164 Å². The third kappa shape index (κ3) is 4.96. The molecule has 0 saturated carbocycles. The predicted octanol–water partition coefficient (Wildman–Crippen LogP) is 11.7. The molecule has 4 heteroatoms. The summed E-state index contributed by atoms with van der Waals surface area (Å²) < 4.78 is 2.47. The van der Waals surface area contributed by atoms with E-state index in [2.05, 4.69) is 127 Å². The fourth-order valence-corrected chi connectivity index (χ4v) is 7.63. The Bertz CT molecular complexity index is 2510. The maximum absolute atomic E-state index is 5.13. The Morgan fingerprint density at radius 3 is 1.62 bits per heavy atom. The molecule has 0 fully saturated rings. The molecule has 6 aromatic carbocycles. The number of hydrogen-bond acceptors (Lipinski definition) is 4. The first kappa shape index (κ1) is 27.3. The van der Waals surface area contributed by atoms with Crippen LogP contribution in [0.5, 0.6) is 0 Å². The highest BCUT2D eigenvalue weighted by atomic mass is 32.1. The van der Waals surface area contributed by atoms with Gasteiger partial charge in [-0.3, -0.25) is 0 Å². The van der Waals surface area contributed by atoms with Gasteiger partial charge in [0.2, 0.25) is 0 Å². The predicted molar refractivity (Wildman–Crippen MR) is 197 cm³/mol. The van der Waals surface area contributed by atoms with Gasteiger partial charge in [0.15, 0.2) is 5.82 Å². The standard InChI is InChI=1S/C43H27N3S/c1-3-13-28(14-4-1)37-27-38(29-15-5-2-6-16-29)46-43(45-37)33-20-12-18-31(26-33)30-17-11-19-32(25-30)40-34-21-7-9-23-36(34)44-41-35-22-8-10-24-39(35)47-42(40)41/h1-27H. The molecule has 0 aliphatic carbocycles. The van der Waals surface area contributed by atoms with Gasteiger partial charge in [-0.2, -0.15) is 0 Å². The van der Waals surface area contributed by atoms with Crippen LogP contribution in [0, 0.1) is 0 Å². The normalized spacial score (nSPS) is 11.4. The molecule has 3 nitrogen and oxygen atoms in total. The highest BCUT2D eigenvalue weighted by Crippen LogP contribution is 2.43. The molecule has 0 atom stereocenters. The molecule has 0 aliphatic rings. The Balaban J connectivity index is 1.19. The Morgan fingerprint density at radius 1 is 0.383 bits per heavy atom. The number of thiophene rings is 1. The van der Waals surface area contributed by atoms with Crippen LogP contribution in [0.2, 0.25) is 0 Å². The summed E-state index contributed by atoms with van der Waals surface area (Å²) >= 11 is 1.82. The van der Waals surface area contributed by atoms with Crippen molar-refractivity contribution in [2.24, 2.45) is 0 Å². The monoisotopic (exact) mass is 617 g/mol. The van der Waals surface area contributed by atoms with Crippen molar-refractivity contribution in [3.8, 4) is 56.2 Å². The van der Waals surface area contributed by atoms with Gasteiger partial charge in [0.25, 0.3) is 0 Å². The van der Waals surface area contributed by atoms with E-state index in [9.17, 15) is 0 Å². The van der Waals surface area contributed by atoms with Crippen molar-refractivity contribution in [2.75, 3.05) is 0 Å². The van der Waals surface area contributed by atoms with Crippen molar-refractivity contribution < 1.29 is 0 Å². The molecular weight excluding hydrogens is 591 g/mol. The van der Waals surface area contributed by atoms with Crippen LogP contribution in [0.1, 0.15) is 0 Å². The molecule has 9 aromatic rings. The summed E-state index contributed by atoms with van der Waals surface area (Å²) in [6.07, 6.45) is 0. The lowest BCUT2D eigenvalue weighted by atomic mass is 9.95.